The van der Waals surface area contributed by atoms with Crippen molar-refractivity contribution in [2.45, 2.75) is 0 Å². The van der Waals surface area contributed by atoms with Crippen molar-refractivity contribution in [1.29, 1.82) is 0 Å². The van der Waals surface area contributed by atoms with Gasteiger partial charge in [-0.2, -0.15) is 0 Å². The Morgan fingerprint density at radius 1 is 0.607 bits per heavy atom. The molecule has 1 fully saturated rings. The molecular formula is C16H32N4O8. The Kier molecular flexibility index (Phi) is 12.9. The van der Waals surface area contributed by atoms with Crippen LogP contribution in [0.3, 0.4) is 0 Å². The lowest BCUT2D eigenvalue weighted by Crippen LogP contribution is -2.48. The van der Waals surface area contributed by atoms with Crippen molar-refractivity contribution in [3.05, 3.63) is 0 Å². The fourth-order valence-corrected chi connectivity index (χ4v) is 3.06. The predicted molar refractivity (Wildman–Crippen MR) is 98.2 cm³/mol. The molecule has 0 aliphatic carbocycles. The highest BCUT2D eigenvalue weighted by Crippen LogP contribution is 2.01. The SMILES string of the molecule is O=C(O)CN1CCN(CCOO)CCN(CCOO)CCN(CC(=O)O)CC1. The highest BCUT2D eigenvalue weighted by Gasteiger charge is 2.19. The summed E-state index contributed by atoms with van der Waals surface area (Å²) in [5, 5.41) is 35.5. The van der Waals surface area contributed by atoms with Crippen LogP contribution in [-0.2, 0) is 19.4 Å². The van der Waals surface area contributed by atoms with Crippen LogP contribution in [0.2, 0.25) is 0 Å². The van der Waals surface area contributed by atoms with E-state index in [2.05, 4.69) is 19.6 Å². The third-order valence-corrected chi connectivity index (χ3v) is 4.65. The van der Waals surface area contributed by atoms with Crippen LogP contribution in [0, 0.1) is 0 Å². The van der Waals surface area contributed by atoms with E-state index in [9.17, 15) is 9.59 Å². The molecule has 0 spiro atoms. The maximum atomic E-state index is 11.1. The van der Waals surface area contributed by atoms with Gasteiger partial charge in [0.15, 0.2) is 0 Å². The summed E-state index contributed by atoms with van der Waals surface area (Å²) in [5.74, 6) is -1.87. The molecule has 0 bridgehead atoms. The highest BCUT2D eigenvalue weighted by atomic mass is 17.1. The fraction of sp³-hybridized carbons (Fsp3) is 0.875. The third kappa shape index (κ3) is 11.5. The molecule has 1 heterocycles. The summed E-state index contributed by atoms with van der Waals surface area (Å²) in [6, 6.07) is 0. The minimum absolute atomic E-state index is 0.120. The van der Waals surface area contributed by atoms with Gasteiger partial charge in [0, 0.05) is 65.4 Å². The Bertz CT molecular complexity index is 416. The summed E-state index contributed by atoms with van der Waals surface area (Å²) < 4.78 is 0. The molecule has 0 saturated carbocycles. The molecule has 12 heteroatoms. The van der Waals surface area contributed by atoms with Crippen molar-refractivity contribution in [1.82, 2.24) is 19.6 Å². The van der Waals surface area contributed by atoms with Crippen LogP contribution in [0.4, 0.5) is 0 Å². The van der Waals surface area contributed by atoms with Crippen LogP contribution < -0.4 is 0 Å². The second-order valence-electron chi connectivity index (χ2n) is 6.69. The molecule has 28 heavy (non-hydrogen) atoms. The van der Waals surface area contributed by atoms with Gasteiger partial charge < -0.3 is 10.2 Å². The van der Waals surface area contributed by atoms with Crippen molar-refractivity contribution in [3.63, 3.8) is 0 Å². The summed E-state index contributed by atoms with van der Waals surface area (Å²) in [4.78, 5) is 38.3. The lowest BCUT2D eigenvalue weighted by Gasteiger charge is -2.33. The van der Waals surface area contributed by atoms with Gasteiger partial charge >= 0.3 is 11.9 Å². The first kappa shape index (κ1) is 24.7. The van der Waals surface area contributed by atoms with Crippen LogP contribution in [0.5, 0.6) is 0 Å². The average Bonchev–Trinajstić information content (AvgIpc) is 2.63. The fourth-order valence-electron chi connectivity index (χ4n) is 3.06. The average molecular weight is 408 g/mol. The zero-order chi connectivity index (χ0) is 20.8. The molecule has 0 atom stereocenters. The summed E-state index contributed by atoms with van der Waals surface area (Å²) >= 11 is 0. The van der Waals surface area contributed by atoms with Crippen molar-refractivity contribution in [2.75, 3.05) is 91.8 Å². The van der Waals surface area contributed by atoms with Crippen molar-refractivity contribution >= 4 is 11.9 Å². The number of carboxylic acid groups (broad SMARTS) is 2. The highest BCUT2D eigenvalue weighted by molar-refractivity contribution is 5.69. The molecule has 1 aliphatic rings. The Balaban J connectivity index is 2.81. The van der Waals surface area contributed by atoms with Gasteiger partial charge in [-0.15, -0.1) is 0 Å². The number of hydrogen-bond donors (Lipinski definition) is 4. The molecule has 1 aliphatic heterocycles. The van der Waals surface area contributed by atoms with E-state index in [4.69, 9.17) is 20.7 Å². The topological polar surface area (TPSA) is 146 Å². The van der Waals surface area contributed by atoms with E-state index in [1.807, 2.05) is 0 Å². The molecule has 0 aromatic carbocycles. The standard InChI is InChI=1S/C16H32N4O8/c21-15(22)13-19-5-3-17(9-11-27-25)1-2-18(10-12-28-26)4-6-20(8-7-19)14-16(23)24/h25-26H,1-14H2,(H,21,22)(H,23,24). The molecule has 4 N–H and O–H groups in total. The second kappa shape index (κ2) is 14.6. The van der Waals surface area contributed by atoms with Crippen molar-refractivity contribution in [2.24, 2.45) is 0 Å². The lowest BCUT2D eigenvalue weighted by atomic mass is 10.3. The molecule has 0 aromatic rings. The van der Waals surface area contributed by atoms with Crippen LogP contribution in [0.15, 0.2) is 0 Å². The third-order valence-electron chi connectivity index (χ3n) is 4.65. The molecule has 0 aromatic heterocycles. The summed E-state index contributed by atoms with van der Waals surface area (Å²) in [6.45, 7) is 5.36. The monoisotopic (exact) mass is 408 g/mol. The van der Waals surface area contributed by atoms with Crippen molar-refractivity contribution < 1.29 is 40.1 Å². The number of rotatable bonds is 10. The number of aliphatic carboxylic acids is 2. The van der Waals surface area contributed by atoms with Gasteiger partial charge in [-0.1, -0.05) is 0 Å². The quantitative estimate of drug-likeness (QED) is 0.243. The first-order valence-corrected chi connectivity index (χ1v) is 9.30. The number of hydrogen-bond acceptors (Lipinski definition) is 10. The van der Waals surface area contributed by atoms with Gasteiger partial charge in [0.05, 0.1) is 26.3 Å². The largest absolute Gasteiger partial charge is 0.480 e. The van der Waals surface area contributed by atoms with E-state index < -0.39 is 11.9 Å². The van der Waals surface area contributed by atoms with Gasteiger partial charge in [-0.25, -0.2) is 9.78 Å². The van der Waals surface area contributed by atoms with Gasteiger partial charge in [-0.05, 0) is 0 Å². The molecule has 0 unspecified atom stereocenters. The Hall–Kier alpha value is -1.38. The van der Waals surface area contributed by atoms with Gasteiger partial charge in [-0.3, -0.25) is 39.7 Å². The molecule has 1 saturated heterocycles. The number of nitrogens with zero attached hydrogens (tertiary/aromatic N) is 4. The Labute approximate surface area is 164 Å². The van der Waals surface area contributed by atoms with Crippen molar-refractivity contribution in [3.8, 4) is 0 Å². The van der Waals surface area contributed by atoms with Crippen LogP contribution in [0.1, 0.15) is 0 Å². The maximum absolute atomic E-state index is 11.1. The summed E-state index contributed by atoms with van der Waals surface area (Å²) in [5.41, 5.74) is 0. The number of carbonyl (C=O) groups is 2. The van der Waals surface area contributed by atoms with E-state index in [1.165, 1.54) is 0 Å². The van der Waals surface area contributed by atoms with Gasteiger partial charge in [0.2, 0.25) is 0 Å². The van der Waals surface area contributed by atoms with E-state index in [1.54, 1.807) is 9.80 Å². The molecule has 164 valence electrons. The summed E-state index contributed by atoms with van der Waals surface area (Å²) in [7, 11) is 0. The van der Waals surface area contributed by atoms with E-state index in [-0.39, 0.29) is 26.3 Å². The van der Waals surface area contributed by atoms with Crippen LogP contribution >= 0.6 is 0 Å². The zero-order valence-electron chi connectivity index (χ0n) is 16.1. The molecule has 0 radical (unpaired) electrons. The minimum Gasteiger partial charge on any atom is -0.480 e. The smallest absolute Gasteiger partial charge is 0.317 e. The Morgan fingerprint density at radius 2 is 0.893 bits per heavy atom. The first-order chi connectivity index (χ1) is 13.4. The minimum atomic E-state index is -0.933. The first-order valence-electron chi connectivity index (χ1n) is 9.30. The van der Waals surface area contributed by atoms with E-state index in [0.717, 1.165) is 0 Å². The summed E-state index contributed by atoms with van der Waals surface area (Å²) in [6.07, 6.45) is 0. The molecular weight excluding hydrogens is 376 g/mol. The van der Waals surface area contributed by atoms with Gasteiger partial charge in [0.25, 0.3) is 0 Å². The molecule has 1 rings (SSSR count). The van der Waals surface area contributed by atoms with E-state index >= 15 is 0 Å². The normalized spacial score (nSPS) is 19.8. The molecule has 0 amide bonds. The number of carboxylic acids is 2. The second-order valence-corrected chi connectivity index (χ2v) is 6.69. The zero-order valence-corrected chi connectivity index (χ0v) is 16.1. The van der Waals surface area contributed by atoms with Crippen LogP contribution in [0.25, 0.3) is 0 Å². The predicted octanol–water partition coefficient (Wildman–Crippen LogP) is -1.64. The van der Waals surface area contributed by atoms with Gasteiger partial charge in [0.1, 0.15) is 0 Å². The van der Waals surface area contributed by atoms with E-state index in [0.29, 0.717) is 65.4 Å². The Morgan fingerprint density at radius 3 is 1.14 bits per heavy atom. The maximum Gasteiger partial charge on any atom is 0.317 e. The molecule has 12 nitrogen and oxygen atoms in total. The lowest BCUT2D eigenvalue weighted by molar-refractivity contribution is -0.245. The van der Waals surface area contributed by atoms with Crippen LogP contribution in [-0.4, -0.2) is 144 Å².